The van der Waals surface area contributed by atoms with E-state index in [4.69, 9.17) is 15.9 Å². The summed E-state index contributed by atoms with van der Waals surface area (Å²) in [5, 5.41) is 7.22. The maximum Gasteiger partial charge on any atom is 0.411 e. The molecular weight excluding hydrogens is 239 g/mol. The number of halogens is 3. The van der Waals surface area contributed by atoms with Gasteiger partial charge in [-0.25, -0.2) is 0 Å². The van der Waals surface area contributed by atoms with Gasteiger partial charge in [-0.1, -0.05) is 0 Å². The van der Waals surface area contributed by atoms with Crippen LogP contribution in [0.15, 0.2) is 0 Å². The fraction of sp³-hybridized carbons (Fsp3) is 0.889. The van der Waals surface area contributed by atoms with Gasteiger partial charge in [0.25, 0.3) is 0 Å². The van der Waals surface area contributed by atoms with E-state index < -0.39 is 18.9 Å². The molecule has 1 aliphatic rings. The van der Waals surface area contributed by atoms with Gasteiger partial charge < -0.3 is 15.2 Å². The second kappa shape index (κ2) is 6.18. The SMILES string of the molecule is N=C(N)C1CN(CCOCC(F)(F)F)CCO1. The fourth-order valence-corrected chi connectivity index (χ4v) is 1.48. The Hall–Kier alpha value is -0.860. The Morgan fingerprint density at radius 2 is 2.24 bits per heavy atom. The van der Waals surface area contributed by atoms with Gasteiger partial charge >= 0.3 is 6.18 Å². The van der Waals surface area contributed by atoms with Crippen molar-refractivity contribution in [2.75, 3.05) is 39.5 Å². The molecule has 5 nitrogen and oxygen atoms in total. The molecule has 1 fully saturated rings. The maximum absolute atomic E-state index is 11.8. The van der Waals surface area contributed by atoms with Crippen molar-refractivity contribution in [2.24, 2.45) is 5.73 Å². The van der Waals surface area contributed by atoms with E-state index >= 15 is 0 Å². The van der Waals surface area contributed by atoms with Gasteiger partial charge in [0, 0.05) is 19.6 Å². The number of alkyl halides is 3. The van der Waals surface area contributed by atoms with Gasteiger partial charge in [-0.2, -0.15) is 13.2 Å². The van der Waals surface area contributed by atoms with Gasteiger partial charge in [0.15, 0.2) is 0 Å². The van der Waals surface area contributed by atoms with Crippen molar-refractivity contribution in [1.29, 1.82) is 5.41 Å². The maximum atomic E-state index is 11.8. The molecule has 1 atom stereocenters. The Balaban J connectivity index is 2.17. The van der Waals surface area contributed by atoms with Crippen molar-refractivity contribution in [2.45, 2.75) is 12.3 Å². The number of nitrogens with two attached hydrogens (primary N) is 1. The Kier molecular flexibility index (Phi) is 5.16. The standard InChI is InChI=1S/C9H16F3N3O2/c10-9(11,12)6-16-3-1-15-2-4-17-7(5-15)8(13)14/h7H,1-6H2,(H3,13,14). The van der Waals surface area contributed by atoms with Crippen molar-refractivity contribution in [3.05, 3.63) is 0 Å². The number of ether oxygens (including phenoxy) is 2. The van der Waals surface area contributed by atoms with E-state index in [0.29, 0.717) is 26.2 Å². The summed E-state index contributed by atoms with van der Waals surface area (Å²) in [4.78, 5) is 1.87. The fourth-order valence-electron chi connectivity index (χ4n) is 1.48. The number of morpholine rings is 1. The third kappa shape index (κ3) is 5.85. The van der Waals surface area contributed by atoms with Crippen LogP contribution in [0.4, 0.5) is 13.2 Å². The van der Waals surface area contributed by atoms with Crippen LogP contribution in [0.3, 0.4) is 0 Å². The Morgan fingerprint density at radius 1 is 1.53 bits per heavy atom. The molecule has 3 N–H and O–H groups in total. The molecule has 0 aromatic carbocycles. The van der Waals surface area contributed by atoms with Crippen LogP contribution in [0, 0.1) is 5.41 Å². The molecule has 0 amide bonds. The van der Waals surface area contributed by atoms with Crippen LogP contribution in [0.25, 0.3) is 0 Å². The van der Waals surface area contributed by atoms with Crippen molar-refractivity contribution >= 4 is 5.84 Å². The molecule has 0 saturated carbocycles. The molecule has 17 heavy (non-hydrogen) atoms. The van der Waals surface area contributed by atoms with Gasteiger partial charge in [-0.15, -0.1) is 0 Å². The van der Waals surface area contributed by atoms with Crippen molar-refractivity contribution < 1.29 is 22.6 Å². The summed E-state index contributed by atoms with van der Waals surface area (Å²) >= 11 is 0. The molecule has 0 aromatic heterocycles. The Morgan fingerprint density at radius 3 is 2.82 bits per heavy atom. The highest BCUT2D eigenvalue weighted by atomic mass is 19.4. The quantitative estimate of drug-likeness (QED) is 0.418. The number of rotatable bonds is 5. The Labute approximate surface area is 97.2 Å². The molecule has 0 radical (unpaired) electrons. The first-order chi connectivity index (χ1) is 7.88. The minimum atomic E-state index is -4.28. The highest BCUT2D eigenvalue weighted by Gasteiger charge is 2.27. The van der Waals surface area contributed by atoms with Crippen LogP contribution in [-0.2, 0) is 9.47 Å². The van der Waals surface area contributed by atoms with E-state index in [-0.39, 0.29) is 12.4 Å². The summed E-state index contributed by atoms with van der Waals surface area (Å²) in [6, 6.07) is 0. The zero-order valence-electron chi connectivity index (χ0n) is 9.29. The predicted molar refractivity (Wildman–Crippen MR) is 55.0 cm³/mol. The van der Waals surface area contributed by atoms with E-state index in [9.17, 15) is 13.2 Å². The third-order valence-electron chi connectivity index (χ3n) is 2.32. The van der Waals surface area contributed by atoms with Crippen molar-refractivity contribution in [3.8, 4) is 0 Å². The average molecular weight is 255 g/mol. The molecule has 1 heterocycles. The van der Waals surface area contributed by atoms with Crippen LogP contribution < -0.4 is 5.73 Å². The number of nitrogens with one attached hydrogen (secondary N) is 1. The molecule has 0 bridgehead atoms. The molecule has 8 heteroatoms. The molecule has 0 aliphatic carbocycles. The van der Waals surface area contributed by atoms with Gasteiger partial charge in [0.1, 0.15) is 18.5 Å². The van der Waals surface area contributed by atoms with Gasteiger partial charge in [-0.05, 0) is 0 Å². The van der Waals surface area contributed by atoms with E-state index in [2.05, 4.69) is 4.74 Å². The zero-order chi connectivity index (χ0) is 12.9. The first-order valence-corrected chi connectivity index (χ1v) is 5.21. The van der Waals surface area contributed by atoms with Gasteiger partial charge in [0.2, 0.25) is 0 Å². The number of hydrogen-bond acceptors (Lipinski definition) is 4. The molecule has 1 rings (SSSR count). The first kappa shape index (κ1) is 14.2. The highest BCUT2D eigenvalue weighted by molar-refractivity contribution is 5.82. The topological polar surface area (TPSA) is 71.6 Å². The largest absolute Gasteiger partial charge is 0.411 e. The molecule has 100 valence electrons. The molecule has 1 aliphatic heterocycles. The smallest absolute Gasteiger partial charge is 0.385 e. The van der Waals surface area contributed by atoms with Gasteiger partial charge in [0.05, 0.1) is 13.2 Å². The zero-order valence-corrected chi connectivity index (χ0v) is 9.29. The lowest BCUT2D eigenvalue weighted by Gasteiger charge is -2.32. The van der Waals surface area contributed by atoms with Crippen LogP contribution in [-0.4, -0.2) is 62.5 Å². The van der Waals surface area contributed by atoms with Crippen LogP contribution in [0.5, 0.6) is 0 Å². The number of amidine groups is 1. The summed E-state index contributed by atoms with van der Waals surface area (Å²) in [5.74, 6) is -0.0640. The molecule has 0 aromatic rings. The van der Waals surface area contributed by atoms with Crippen LogP contribution in [0.1, 0.15) is 0 Å². The van der Waals surface area contributed by atoms with Gasteiger partial charge in [-0.3, -0.25) is 10.3 Å². The summed E-state index contributed by atoms with van der Waals surface area (Å²) in [6.45, 7) is 0.605. The second-order valence-corrected chi connectivity index (χ2v) is 3.78. The molecule has 0 spiro atoms. The number of hydrogen-bond donors (Lipinski definition) is 2. The normalized spacial score (nSPS) is 22.6. The molecule has 1 unspecified atom stereocenters. The van der Waals surface area contributed by atoms with Crippen LogP contribution >= 0.6 is 0 Å². The van der Waals surface area contributed by atoms with E-state index in [1.165, 1.54) is 0 Å². The predicted octanol–water partition coefficient (Wildman–Crippen LogP) is 0.202. The summed E-state index contributed by atoms with van der Waals surface area (Å²) in [5.41, 5.74) is 5.29. The van der Waals surface area contributed by atoms with Crippen molar-refractivity contribution in [3.63, 3.8) is 0 Å². The summed E-state index contributed by atoms with van der Waals surface area (Å²) in [6.07, 6.45) is -4.75. The van der Waals surface area contributed by atoms with E-state index in [0.717, 1.165) is 0 Å². The average Bonchev–Trinajstić information content (AvgIpc) is 2.23. The number of nitrogens with zero attached hydrogens (tertiary/aromatic N) is 1. The summed E-state index contributed by atoms with van der Waals surface area (Å²) in [7, 11) is 0. The Bertz CT molecular complexity index is 260. The van der Waals surface area contributed by atoms with Crippen molar-refractivity contribution in [1.82, 2.24) is 4.90 Å². The third-order valence-corrected chi connectivity index (χ3v) is 2.32. The summed E-state index contributed by atoms with van der Waals surface area (Å²) < 4.78 is 45.1. The monoisotopic (exact) mass is 255 g/mol. The van der Waals surface area contributed by atoms with E-state index in [1.807, 2.05) is 4.90 Å². The lowest BCUT2D eigenvalue weighted by molar-refractivity contribution is -0.175. The minimum absolute atomic E-state index is 0.00410. The minimum Gasteiger partial charge on any atom is -0.385 e. The second-order valence-electron chi connectivity index (χ2n) is 3.78. The molecular formula is C9H16F3N3O2. The lowest BCUT2D eigenvalue weighted by atomic mass is 10.2. The highest BCUT2D eigenvalue weighted by Crippen LogP contribution is 2.14. The van der Waals surface area contributed by atoms with E-state index in [1.54, 1.807) is 0 Å². The van der Waals surface area contributed by atoms with Crippen LogP contribution in [0.2, 0.25) is 0 Å². The lowest BCUT2D eigenvalue weighted by Crippen LogP contribution is -2.49. The first-order valence-electron chi connectivity index (χ1n) is 5.21. The molecule has 1 saturated heterocycles.